The Hall–Kier alpha value is -1.26. The predicted octanol–water partition coefficient (Wildman–Crippen LogP) is 4.43. The fourth-order valence-corrected chi connectivity index (χ4v) is 2.83. The van der Waals surface area contributed by atoms with Gasteiger partial charge in [-0.25, -0.2) is 8.78 Å². The second-order valence-corrected chi connectivity index (χ2v) is 5.35. The maximum absolute atomic E-state index is 13.9. The number of halogens is 3. The van der Waals surface area contributed by atoms with Crippen molar-refractivity contribution in [1.82, 2.24) is 0 Å². The minimum Gasteiger partial charge on any atom is -0.383 e. The molecule has 0 fully saturated rings. The highest BCUT2D eigenvalue weighted by Crippen LogP contribution is 2.34. The summed E-state index contributed by atoms with van der Waals surface area (Å²) in [5, 5.41) is 10.4. The molecule has 0 bridgehead atoms. The topological polar surface area (TPSA) is 20.2 Å². The van der Waals surface area contributed by atoms with Gasteiger partial charge in [0.15, 0.2) is 0 Å². The zero-order chi connectivity index (χ0) is 14.2. The zero-order valence-electron chi connectivity index (χ0n) is 10.5. The summed E-state index contributed by atoms with van der Waals surface area (Å²) < 4.78 is 27.6. The molecule has 1 nitrogen and oxygen atoms in total. The van der Waals surface area contributed by atoms with Gasteiger partial charge in [-0.05, 0) is 54.8 Å². The van der Waals surface area contributed by atoms with Crippen molar-refractivity contribution in [1.29, 1.82) is 0 Å². The van der Waals surface area contributed by atoms with Crippen LogP contribution in [-0.4, -0.2) is 5.11 Å². The van der Waals surface area contributed by atoms with E-state index in [2.05, 4.69) is 15.9 Å². The van der Waals surface area contributed by atoms with Gasteiger partial charge >= 0.3 is 0 Å². The van der Waals surface area contributed by atoms with Crippen LogP contribution >= 0.6 is 15.9 Å². The molecule has 1 unspecified atom stereocenters. The number of rotatable bonds is 2. The summed E-state index contributed by atoms with van der Waals surface area (Å²) in [6, 6.07) is 7.17. The van der Waals surface area contributed by atoms with E-state index in [0.29, 0.717) is 21.2 Å². The fraction of sp³-hybridized carbons (Fsp3) is 0.200. The minimum atomic E-state index is -1.13. The van der Waals surface area contributed by atoms with Gasteiger partial charge in [-0.1, -0.05) is 22.0 Å². The van der Waals surface area contributed by atoms with Gasteiger partial charge in [-0.3, -0.25) is 0 Å². The monoisotopic (exact) mass is 326 g/mol. The van der Waals surface area contributed by atoms with Crippen LogP contribution in [0.1, 0.15) is 28.4 Å². The lowest BCUT2D eigenvalue weighted by Gasteiger charge is -2.19. The van der Waals surface area contributed by atoms with Gasteiger partial charge in [0.2, 0.25) is 0 Å². The minimum absolute atomic E-state index is 0.167. The Bertz CT molecular complexity index is 582. The lowest BCUT2D eigenvalue weighted by Crippen LogP contribution is -2.08. The van der Waals surface area contributed by atoms with Crippen LogP contribution in [0.15, 0.2) is 34.8 Å². The normalized spacial score (nSPS) is 12.5. The Balaban J connectivity index is 2.60. The molecule has 0 aromatic heterocycles. The number of benzene rings is 2. The Labute approximate surface area is 119 Å². The van der Waals surface area contributed by atoms with E-state index in [1.807, 2.05) is 0 Å². The zero-order valence-corrected chi connectivity index (χ0v) is 12.1. The molecule has 0 aliphatic rings. The standard InChI is InChI=1S/C15H13BrF2O/c1-8-6-10(17)7-9(2)13(8)15(19)14-11(16)4-3-5-12(14)18/h3-7,15,19H,1-2H3. The lowest BCUT2D eigenvalue weighted by atomic mass is 9.93. The van der Waals surface area contributed by atoms with Crippen LogP contribution in [0.2, 0.25) is 0 Å². The summed E-state index contributed by atoms with van der Waals surface area (Å²) >= 11 is 3.23. The van der Waals surface area contributed by atoms with Crippen molar-refractivity contribution in [3.8, 4) is 0 Å². The molecule has 0 heterocycles. The Morgan fingerprint density at radius 2 is 1.63 bits per heavy atom. The van der Waals surface area contributed by atoms with Gasteiger partial charge in [0, 0.05) is 10.0 Å². The van der Waals surface area contributed by atoms with E-state index in [-0.39, 0.29) is 11.4 Å². The van der Waals surface area contributed by atoms with Crippen LogP contribution in [0.4, 0.5) is 8.78 Å². The van der Waals surface area contributed by atoms with Crippen LogP contribution in [-0.2, 0) is 0 Å². The molecule has 100 valence electrons. The van der Waals surface area contributed by atoms with E-state index in [4.69, 9.17) is 0 Å². The number of aliphatic hydroxyl groups is 1. The predicted molar refractivity (Wildman–Crippen MR) is 74.0 cm³/mol. The van der Waals surface area contributed by atoms with Gasteiger partial charge < -0.3 is 5.11 Å². The Kier molecular flexibility index (Phi) is 4.02. The van der Waals surface area contributed by atoms with Crippen molar-refractivity contribution in [3.05, 3.63) is 68.7 Å². The van der Waals surface area contributed by atoms with E-state index >= 15 is 0 Å². The Morgan fingerprint density at radius 1 is 1.05 bits per heavy atom. The second kappa shape index (κ2) is 5.39. The molecule has 0 radical (unpaired) electrons. The van der Waals surface area contributed by atoms with E-state index in [0.717, 1.165) is 0 Å². The first-order chi connectivity index (χ1) is 8.91. The SMILES string of the molecule is Cc1cc(F)cc(C)c1C(O)c1c(F)cccc1Br. The molecular weight excluding hydrogens is 314 g/mol. The molecule has 2 aromatic rings. The molecule has 0 aliphatic heterocycles. The highest BCUT2D eigenvalue weighted by atomic mass is 79.9. The van der Waals surface area contributed by atoms with E-state index in [9.17, 15) is 13.9 Å². The fourth-order valence-electron chi connectivity index (χ4n) is 2.27. The number of hydrogen-bond donors (Lipinski definition) is 1. The lowest BCUT2D eigenvalue weighted by molar-refractivity contribution is 0.212. The third-order valence-corrected chi connectivity index (χ3v) is 3.80. The Morgan fingerprint density at radius 3 is 2.16 bits per heavy atom. The smallest absolute Gasteiger partial charge is 0.130 e. The van der Waals surface area contributed by atoms with E-state index in [1.165, 1.54) is 18.2 Å². The van der Waals surface area contributed by atoms with Crippen molar-refractivity contribution >= 4 is 15.9 Å². The first-order valence-electron chi connectivity index (χ1n) is 5.80. The van der Waals surface area contributed by atoms with Crippen molar-refractivity contribution < 1.29 is 13.9 Å². The molecule has 4 heteroatoms. The second-order valence-electron chi connectivity index (χ2n) is 4.49. The molecule has 0 saturated carbocycles. The van der Waals surface area contributed by atoms with Crippen LogP contribution < -0.4 is 0 Å². The summed E-state index contributed by atoms with van der Waals surface area (Å²) in [6.45, 7) is 3.40. The average molecular weight is 327 g/mol. The first-order valence-corrected chi connectivity index (χ1v) is 6.59. The molecule has 1 N–H and O–H groups in total. The van der Waals surface area contributed by atoms with E-state index < -0.39 is 11.9 Å². The van der Waals surface area contributed by atoms with Crippen LogP contribution in [0.3, 0.4) is 0 Å². The third kappa shape index (κ3) is 2.69. The maximum atomic E-state index is 13.9. The van der Waals surface area contributed by atoms with Crippen molar-refractivity contribution in [3.63, 3.8) is 0 Å². The summed E-state index contributed by atoms with van der Waals surface area (Å²) in [5.41, 5.74) is 1.90. The van der Waals surface area contributed by atoms with Gasteiger partial charge in [0.1, 0.15) is 17.7 Å². The summed E-state index contributed by atoms with van der Waals surface area (Å²) in [5.74, 6) is -0.858. The first kappa shape index (κ1) is 14.2. The molecule has 0 saturated heterocycles. The average Bonchev–Trinajstić information content (AvgIpc) is 2.26. The van der Waals surface area contributed by atoms with Gasteiger partial charge in [0.25, 0.3) is 0 Å². The number of aryl methyl sites for hydroxylation is 2. The molecule has 0 spiro atoms. The molecule has 19 heavy (non-hydrogen) atoms. The highest BCUT2D eigenvalue weighted by Gasteiger charge is 2.21. The molecular formula is C15H13BrF2O. The van der Waals surface area contributed by atoms with Gasteiger partial charge in [-0.2, -0.15) is 0 Å². The van der Waals surface area contributed by atoms with Gasteiger partial charge in [0.05, 0.1) is 0 Å². The molecule has 2 rings (SSSR count). The molecule has 1 atom stereocenters. The van der Waals surface area contributed by atoms with Crippen molar-refractivity contribution in [2.75, 3.05) is 0 Å². The van der Waals surface area contributed by atoms with Gasteiger partial charge in [-0.15, -0.1) is 0 Å². The van der Waals surface area contributed by atoms with Crippen molar-refractivity contribution in [2.45, 2.75) is 20.0 Å². The third-order valence-electron chi connectivity index (χ3n) is 3.11. The molecule has 0 amide bonds. The quantitative estimate of drug-likeness (QED) is 0.865. The highest BCUT2D eigenvalue weighted by molar-refractivity contribution is 9.10. The van der Waals surface area contributed by atoms with Crippen LogP contribution in [0.5, 0.6) is 0 Å². The summed E-state index contributed by atoms with van der Waals surface area (Å²) in [6.07, 6.45) is -1.13. The number of aliphatic hydroxyl groups excluding tert-OH is 1. The molecule has 0 aliphatic carbocycles. The van der Waals surface area contributed by atoms with Crippen molar-refractivity contribution in [2.24, 2.45) is 0 Å². The maximum Gasteiger partial charge on any atom is 0.130 e. The van der Waals surface area contributed by atoms with Crippen LogP contribution in [0, 0.1) is 25.5 Å². The van der Waals surface area contributed by atoms with Crippen LogP contribution in [0.25, 0.3) is 0 Å². The largest absolute Gasteiger partial charge is 0.383 e. The number of hydrogen-bond acceptors (Lipinski definition) is 1. The molecule has 2 aromatic carbocycles. The van der Waals surface area contributed by atoms with E-state index in [1.54, 1.807) is 26.0 Å². The summed E-state index contributed by atoms with van der Waals surface area (Å²) in [4.78, 5) is 0. The summed E-state index contributed by atoms with van der Waals surface area (Å²) in [7, 11) is 0.